The number of amides is 1. The minimum Gasteiger partial charge on any atom is -0.353 e. The summed E-state index contributed by atoms with van der Waals surface area (Å²) in [6, 6.07) is 10.2. The normalized spacial score (nSPS) is 15.2. The van der Waals surface area contributed by atoms with E-state index in [2.05, 4.69) is 31.2 Å². The fourth-order valence-corrected chi connectivity index (χ4v) is 4.41. The average molecular weight is 382 g/mol. The third-order valence-corrected chi connectivity index (χ3v) is 5.92. The van der Waals surface area contributed by atoms with Crippen molar-refractivity contribution in [1.82, 2.24) is 20.3 Å². The van der Waals surface area contributed by atoms with Gasteiger partial charge in [-0.2, -0.15) is 0 Å². The summed E-state index contributed by atoms with van der Waals surface area (Å²) in [7, 11) is 0. The summed E-state index contributed by atoms with van der Waals surface area (Å²) in [6.07, 6.45) is 7.64. The number of aryl methyl sites for hydroxylation is 1. The maximum absolute atomic E-state index is 12.3. The number of thiazole rings is 1. The Morgan fingerprint density at radius 2 is 1.93 bits per heavy atom. The van der Waals surface area contributed by atoms with Gasteiger partial charge in [0.15, 0.2) is 0 Å². The van der Waals surface area contributed by atoms with Crippen molar-refractivity contribution in [2.24, 2.45) is 0 Å². The Balaban J connectivity index is 1.19. The van der Waals surface area contributed by atoms with E-state index in [0.717, 1.165) is 55.2 Å². The van der Waals surface area contributed by atoms with Crippen LogP contribution >= 0.6 is 11.3 Å². The molecule has 1 aliphatic rings. The van der Waals surface area contributed by atoms with E-state index in [0.29, 0.717) is 6.42 Å². The molecule has 3 heterocycles. The number of nitrogens with zero attached hydrogens (tertiary/aromatic N) is 4. The van der Waals surface area contributed by atoms with Crippen LogP contribution in [0, 0.1) is 0 Å². The first-order valence-corrected chi connectivity index (χ1v) is 10.3. The second kappa shape index (κ2) is 8.43. The lowest BCUT2D eigenvalue weighted by Gasteiger charge is -2.32. The van der Waals surface area contributed by atoms with E-state index in [9.17, 15) is 4.79 Å². The molecule has 3 aromatic rings. The molecule has 1 aromatic carbocycles. The van der Waals surface area contributed by atoms with Gasteiger partial charge in [-0.05, 0) is 43.9 Å². The first-order chi connectivity index (χ1) is 13.3. The molecular formula is C20H23N5OS. The number of hydrogen-bond acceptors (Lipinski definition) is 6. The number of carbonyl (C=O) groups excluding carboxylic acids is 1. The summed E-state index contributed by atoms with van der Waals surface area (Å²) in [6.45, 7) is 1.75. The summed E-state index contributed by atoms with van der Waals surface area (Å²) in [5.74, 6) is 0.920. The molecule has 2 aromatic heterocycles. The van der Waals surface area contributed by atoms with Crippen molar-refractivity contribution in [2.45, 2.75) is 38.1 Å². The maximum atomic E-state index is 12.3. The second-order valence-corrected chi connectivity index (χ2v) is 7.92. The van der Waals surface area contributed by atoms with Crippen molar-refractivity contribution in [3.05, 3.63) is 47.7 Å². The van der Waals surface area contributed by atoms with Crippen molar-refractivity contribution in [1.29, 1.82) is 0 Å². The summed E-state index contributed by atoms with van der Waals surface area (Å²) >= 11 is 1.72. The molecule has 0 aliphatic carbocycles. The first-order valence-electron chi connectivity index (χ1n) is 9.44. The molecule has 6 nitrogen and oxygen atoms in total. The highest BCUT2D eigenvalue weighted by atomic mass is 32.1. The van der Waals surface area contributed by atoms with Crippen LogP contribution in [0.3, 0.4) is 0 Å². The molecule has 0 saturated carbocycles. The van der Waals surface area contributed by atoms with E-state index < -0.39 is 0 Å². The Hall–Kier alpha value is -2.54. The number of piperidine rings is 1. The number of para-hydroxylation sites is 1. The Bertz CT molecular complexity index is 857. The third kappa shape index (κ3) is 4.60. The smallest absolute Gasteiger partial charge is 0.225 e. The molecule has 1 fully saturated rings. The highest BCUT2D eigenvalue weighted by molar-refractivity contribution is 7.18. The van der Waals surface area contributed by atoms with Crippen molar-refractivity contribution in [3.63, 3.8) is 0 Å². The number of hydrogen-bond donors (Lipinski definition) is 1. The Morgan fingerprint density at radius 1 is 1.15 bits per heavy atom. The first kappa shape index (κ1) is 17.9. The van der Waals surface area contributed by atoms with E-state index in [4.69, 9.17) is 0 Å². The minimum atomic E-state index is 0.144. The predicted octanol–water partition coefficient (Wildman–Crippen LogP) is 3.19. The number of benzene rings is 1. The standard InChI is InChI=1S/C20H23N5OS/c26-18(7-3-8-19-24-16-5-1-2-6-17(16)27-19)23-15-9-13-25(14-10-15)20-21-11-4-12-22-20/h1-2,4-6,11-12,15H,3,7-10,13-14H2,(H,23,26). The largest absolute Gasteiger partial charge is 0.353 e. The molecule has 0 atom stereocenters. The quantitative estimate of drug-likeness (QED) is 0.710. The fourth-order valence-electron chi connectivity index (χ4n) is 3.41. The van der Waals surface area contributed by atoms with E-state index >= 15 is 0 Å². The molecule has 1 amide bonds. The van der Waals surface area contributed by atoms with Crippen LogP contribution in [-0.2, 0) is 11.2 Å². The fraction of sp³-hybridized carbons (Fsp3) is 0.400. The maximum Gasteiger partial charge on any atom is 0.225 e. The van der Waals surface area contributed by atoms with E-state index in [1.807, 2.05) is 24.3 Å². The lowest BCUT2D eigenvalue weighted by Crippen LogP contribution is -2.45. The van der Waals surface area contributed by atoms with Crippen LogP contribution in [0.15, 0.2) is 42.7 Å². The zero-order valence-corrected chi connectivity index (χ0v) is 16.0. The minimum absolute atomic E-state index is 0.144. The van der Waals surface area contributed by atoms with Gasteiger partial charge in [-0.3, -0.25) is 4.79 Å². The van der Waals surface area contributed by atoms with Gasteiger partial charge in [-0.15, -0.1) is 11.3 Å². The van der Waals surface area contributed by atoms with Crippen LogP contribution in [0.1, 0.15) is 30.7 Å². The van der Waals surface area contributed by atoms with Gasteiger partial charge < -0.3 is 10.2 Å². The van der Waals surface area contributed by atoms with Crippen LogP contribution in [0.5, 0.6) is 0 Å². The number of fused-ring (bicyclic) bond motifs is 1. The van der Waals surface area contributed by atoms with Gasteiger partial charge in [-0.25, -0.2) is 15.0 Å². The number of carbonyl (C=O) groups is 1. The van der Waals surface area contributed by atoms with Gasteiger partial charge in [0.2, 0.25) is 11.9 Å². The Morgan fingerprint density at radius 3 is 2.70 bits per heavy atom. The molecule has 0 spiro atoms. The molecule has 0 radical (unpaired) electrons. The average Bonchev–Trinajstić information content (AvgIpc) is 3.12. The molecular weight excluding hydrogens is 358 g/mol. The predicted molar refractivity (Wildman–Crippen MR) is 108 cm³/mol. The molecule has 1 aliphatic heterocycles. The molecule has 0 unspecified atom stereocenters. The lowest BCUT2D eigenvalue weighted by atomic mass is 10.0. The van der Waals surface area contributed by atoms with Gasteiger partial charge in [0.1, 0.15) is 0 Å². The van der Waals surface area contributed by atoms with Crippen LogP contribution in [0.25, 0.3) is 10.2 Å². The Kier molecular flexibility index (Phi) is 5.58. The summed E-state index contributed by atoms with van der Waals surface area (Å²) < 4.78 is 1.21. The number of rotatable bonds is 6. The highest BCUT2D eigenvalue weighted by Gasteiger charge is 2.21. The van der Waals surface area contributed by atoms with E-state index in [1.165, 1.54) is 4.70 Å². The van der Waals surface area contributed by atoms with Crippen LogP contribution in [-0.4, -0.2) is 40.0 Å². The van der Waals surface area contributed by atoms with E-state index in [1.54, 1.807) is 23.7 Å². The van der Waals surface area contributed by atoms with Gasteiger partial charge in [0, 0.05) is 37.9 Å². The highest BCUT2D eigenvalue weighted by Crippen LogP contribution is 2.22. The van der Waals surface area contributed by atoms with Crippen LogP contribution < -0.4 is 10.2 Å². The molecule has 27 heavy (non-hydrogen) atoms. The Labute approximate surface area is 162 Å². The monoisotopic (exact) mass is 381 g/mol. The topological polar surface area (TPSA) is 71.0 Å². The molecule has 140 valence electrons. The molecule has 4 rings (SSSR count). The number of aromatic nitrogens is 3. The summed E-state index contributed by atoms with van der Waals surface area (Å²) in [5, 5.41) is 4.29. The number of anilines is 1. The molecule has 1 saturated heterocycles. The second-order valence-electron chi connectivity index (χ2n) is 6.81. The van der Waals surface area contributed by atoms with Crippen LogP contribution in [0.2, 0.25) is 0 Å². The third-order valence-electron chi connectivity index (χ3n) is 4.83. The molecule has 0 bridgehead atoms. The van der Waals surface area contributed by atoms with Gasteiger partial charge in [0.05, 0.1) is 15.2 Å². The summed E-state index contributed by atoms with van der Waals surface area (Å²) in [4.78, 5) is 27.7. The summed E-state index contributed by atoms with van der Waals surface area (Å²) in [5.41, 5.74) is 1.05. The lowest BCUT2D eigenvalue weighted by molar-refractivity contribution is -0.122. The van der Waals surface area contributed by atoms with Crippen molar-refractivity contribution < 1.29 is 4.79 Å². The zero-order valence-electron chi connectivity index (χ0n) is 15.2. The van der Waals surface area contributed by atoms with Gasteiger partial charge in [0.25, 0.3) is 0 Å². The van der Waals surface area contributed by atoms with Crippen molar-refractivity contribution in [3.8, 4) is 0 Å². The number of nitrogens with one attached hydrogen (secondary N) is 1. The molecule has 1 N–H and O–H groups in total. The SMILES string of the molecule is O=C(CCCc1nc2ccccc2s1)NC1CCN(c2ncccn2)CC1. The van der Waals surface area contributed by atoms with Crippen LogP contribution in [0.4, 0.5) is 5.95 Å². The van der Waals surface area contributed by atoms with E-state index in [-0.39, 0.29) is 11.9 Å². The van der Waals surface area contributed by atoms with Gasteiger partial charge in [-0.1, -0.05) is 12.1 Å². The molecule has 7 heteroatoms. The van der Waals surface area contributed by atoms with Crippen molar-refractivity contribution >= 4 is 33.4 Å². The van der Waals surface area contributed by atoms with Crippen molar-refractivity contribution in [2.75, 3.05) is 18.0 Å². The zero-order chi connectivity index (χ0) is 18.5. The van der Waals surface area contributed by atoms with Gasteiger partial charge >= 0.3 is 0 Å².